The van der Waals surface area contributed by atoms with E-state index < -0.39 is 23.5 Å². The van der Waals surface area contributed by atoms with Gasteiger partial charge in [-0.2, -0.15) is 13.2 Å². The maximum atomic E-state index is 12.3. The molecular weight excluding hydrogens is 251 g/mol. The van der Waals surface area contributed by atoms with Crippen molar-refractivity contribution in [2.45, 2.75) is 13.1 Å². The minimum Gasteiger partial charge on any atom is -0.462 e. The Kier molecular flexibility index (Phi) is 6.15. The minimum absolute atomic E-state index is 0.112. The number of carbonyl (C=O) groups is 2. The second-order valence-electron chi connectivity index (χ2n) is 3.43. The van der Waals surface area contributed by atoms with Crippen LogP contribution in [0.5, 0.6) is 0 Å². The fourth-order valence-corrected chi connectivity index (χ4v) is 0.909. The molecule has 0 amide bonds. The van der Waals surface area contributed by atoms with Crippen molar-refractivity contribution in [2.75, 3.05) is 20.7 Å². The molecule has 0 aromatic heterocycles. The lowest BCUT2D eigenvalue weighted by atomic mass is 10.1. The number of Topliss-reactive ketones (excluding diaryl/α,β-unsaturated/α-hetero) is 1. The quantitative estimate of drug-likeness (QED) is 0.249. The highest BCUT2D eigenvalue weighted by molar-refractivity contribution is 6.19. The molecule has 0 unspecified atom stereocenters. The van der Waals surface area contributed by atoms with Crippen molar-refractivity contribution in [3.8, 4) is 0 Å². The number of hydrogen-bond donors (Lipinski definition) is 0. The fourth-order valence-electron chi connectivity index (χ4n) is 0.909. The summed E-state index contributed by atoms with van der Waals surface area (Å²) >= 11 is 0. The van der Waals surface area contributed by atoms with Gasteiger partial charge in [0.2, 0.25) is 0 Å². The van der Waals surface area contributed by atoms with E-state index in [0.717, 1.165) is 12.2 Å². The number of hydrogen-bond acceptors (Lipinski definition) is 4. The van der Waals surface area contributed by atoms with Crippen LogP contribution in [-0.4, -0.2) is 43.5 Å². The molecule has 18 heavy (non-hydrogen) atoms. The van der Waals surface area contributed by atoms with Crippen LogP contribution in [0.4, 0.5) is 13.2 Å². The van der Waals surface area contributed by atoms with Crippen LogP contribution in [0.25, 0.3) is 0 Å². The van der Waals surface area contributed by atoms with Crippen LogP contribution in [0.2, 0.25) is 0 Å². The van der Waals surface area contributed by atoms with Crippen molar-refractivity contribution in [2.24, 2.45) is 0 Å². The van der Waals surface area contributed by atoms with Gasteiger partial charge in [-0.3, -0.25) is 4.79 Å². The van der Waals surface area contributed by atoms with Crippen molar-refractivity contribution in [3.05, 3.63) is 23.9 Å². The van der Waals surface area contributed by atoms with Crippen LogP contribution in [0, 0.1) is 0 Å². The monoisotopic (exact) mass is 265 g/mol. The Balaban J connectivity index is 5.19. The van der Waals surface area contributed by atoms with Crippen LogP contribution in [0.1, 0.15) is 6.92 Å². The molecule has 0 heterocycles. The van der Waals surface area contributed by atoms with Gasteiger partial charge in [0.25, 0.3) is 5.78 Å². The molecule has 0 bridgehead atoms. The van der Waals surface area contributed by atoms with Crippen LogP contribution >= 0.6 is 0 Å². The van der Waals surface area contributed by atoms with E-state index in [9.17, 15) is 22.8 Å². The van der Waals surface area contributed by atoms with Gasteiger partial charge in [0.1, 0.15) is 5.57 Å². The molecule has 0 spiro atoms. The van der Waals surface area contributed by atoms with Crippen LogP contribution in [0.3, 0.4) is 0 Å². The van der Waals surface area contributed by atoms with Gasteiger partial charge in [0.15, 0.2) is 0 Å². The van der Waals surface area contributed by atoms with Crippen LogP contribution in [0.15, 0.2) is 23.9 Å². The summed E-state index contributed by atoms with van der Waals surface area (Å²) < 4.78 is 41.2. The molecule has 0 aliphatic carbocycles. The Morgan fingerprint density at radius 2 is 1.83 bits per heavy atom. The Labute approximate surface area is 103 Å². The Morgan fingerprint density at radius 3 is 2.22 bits per heavy atom. The maximum Gasteiger partial charge on any atom is 0.455 e. The molecule has 102 valence electrons. The standard InChI is InChI=1S/C11H14F3NO3/c1-4-18-10(17)8(6-5-7-15(2)3)9(16)11(12,13)14/h5-7H,4H2,1-3H3/b7-5+,8-6+. The third-order valence-corrected chi connectivity index (χ3v) is 1.64. The first-order chi connectivity index (χ1) is 8.20. The number of ether oxygens (including phenoxy) is 1. The van der Waals surface area contributed by atoms with Crippen LogP contribution < -0.4 is 0 Å². The van der Waals surface area contributed by atoms with Gasteiger partial charge < -0.3 is 9.64 Å². The summed E-state index contributed by atoms with van der Waals surface area (Å²) in [6.07, 6.45) is -1.77. The van der Waals surface area contributed by atoms with E-state index in [1.54, 1.807) is 14.1 Å². The first kappa shape index (κ1) is 16.2. The van der Waals surface area contributed by atoms with Gasteiger partial charge in [-0.1, -0.05) is 0 Å². The lowest BCUT2D eigenvalue weighted by Gasteiger charge is -2.08. The maximum absolute atomic E-state index is 12.3. The highest BCUT2D eigenvalue weighted by Crippen LogP contribution is 2.21. The van der Waals surface area contributed by atoms with E-state index in [0.29, 0.717) is 0 Å². The van der Waals surface area contributed by atoms with E-state index in [4.69, 9.17) is 0 Å². The van der Waals surface area contributed by atoms with Gasteiger partial charge >= 0.3 is 12.1 Å². The van der Waals surface area contributed by atoms with Crippen LogP contribution in [-0.2, 0) is 14.3 Å². The Morgan fingerprint density at radius 1 is 1.28 bits per heavy atom. The average Bonchev–Trinajstić information content (AvgIpc) is 2.22. The molecule has 0 aliphatic rings. The average molecular weight is 265 g/mol. The number of carbonyl (C=O) groups excluding carboxylic acids is 2. The number of esters is 1. The van der Waals surface area contributed by atoms with E-state index in [2.05, 4.69) is 4.74 Å². The molecule has 0 fully saturated rings. The molecule has 0 rings (SSSR count). The molecule has 0 aromatic rings. The smallest absolute Gasteiger partial charge is 0.455 e. The number of nitrogens with zero attached hydrogens (tertiary/aromatic N) is 1. The number of alkyl halides is 3. The van der Waals surface area contributed by atoms with Gasteiger partial charge in [-0.05, 0) is 25.3 Å². The van der Waals surface area contributed by atoms with Crippen molar-refractivity contribution in [1.29, 1.82) is 0 Å². The van der Waals surface area contributed by atoms with Crippen molar-refractivity contribution >= 4 is 11.8 Å². The predicted molar refractivity (Wildman–Crippen MR) is 58.6 cm³/mol. The first-order valence-corrected chi connectivity index (χ1v) is 5.03. The topological polar surface area (TPSA) is 46.6 Å². The van der Waals surface area contributed by atoms with E-state index >= 15 is 0 Å². The van der Waals surface area contributed by atoms with E-state index in [1.165, 1.54) is 18.0 Å². The molecular formula is C11H14F3NO3. The molecule has 0 N–H and O–H groups in total. The summed E-state index contributed by atoms with van der Waals surface area (Å²) in [6.45, 7) is 1.32. The highest BCUT2D eigenvalue weighted by atomic mass is 19.4. The lowest BCUT2D eigenvalue weighted by molar-refractivity contribution is -0.168. The summed E-state index contributed by atoms with van der Waals surface area (Å²) in [5.74, 6) is -3.51. The molecule has 0 aliphatic heterocycles. The lowest BCUT2D eigenvalue weighted by Crippen LogP contribution is -2.29. The third-order valence-electron chi connectivity index (χ3n) is 1.64. The Hall–Kier alpha value is -1.79. The zero-order valence-corrected chi connectivity index (χ0v) is 10.2. The number of halogens is 3. The second-order valence-corrected chi connectivity index (χ2v) is 3.43. The van der Waals surface area contributed by atoms with Crippen molar-refractivity contribution in [1.82, 2.24) is 4.90 Å². The summed E-state index contributed by atoms with van der Waals surface area (Å²) in [6, 6.07) is 0. The largest absolute Gasteiger partial charge is 0.462 e. The normalized spacial score (nSPS) is 12.7. The van der Waals surface area contributed by atoms with Crippen molar-refractivity contribution < 1.29 is 27.5 Å². The number of rotatable bonds is 5. The number of ketones is 1. The first-order valence-electron chi connectivity index (χ1n) is 5.03. The molecule has 4 nitrogen and oxygen atoms in total. The predicted octanol–water partition coefficient (Wildman–Crippen LogP) is 1.68. The molecule has 0 radical (unpaired) electrons. The molecule has 0 saturated carbocycles. The van der Waals surface area contributed by atoms with Gasteiger partial charge in [-0.15, -0.1) is 0 Å². The fraction of sp³-hybridized carbons (Fsp3) is 0.455. The second kappa shape index (κ2) is 6.83. The van der Waals surface area contributed by atoms with Crippen molar-refractivity contribution in [3.63, 3.8) is 0 Å². The molecule has 7 heteroatoms. The molecule has 0 aromatic carbocycles. The Bertz CT molecular complexity index is 370. The SMILES string of the molecule is CCOC(=O)/C(=C/C=C/N(C)C)C(=O)C(F)(F)F. The van der Waals surface area contributed by atoms with Gasteiger partial charge in [-0.25, -0.2) is 4.79 Å². The minimum atomic E-state index is -5.11. The molecule has 0 atom stereocenters. The van der Waals surface area contributed by atoms with E-state index in [1.807, 2.05) is 0 Å². The summed E-state index contributed by atoms with van der Waals surface area (Å²) in [7, 11) is 3.28. The van der Waals surface area contributed by atoms with E-state index in [-0.39, 0.29) is 6.61 Å². The highest BCUT2D eigenvalue weighted by Gasteiger charge is 2.43. The molecule has 0 saturated heterocycles. The summed E-state index contributed by atoms with van der Waals surface area (Å²) in [4.78, 5) is 23.8. The van der Waals surface area contributed by atoms with Gasteiger partial charge in [0, 0.05) is 14.1 Å². The third kappa shape index (κ3) is 5.51. The zero-order valence-electron chi connectivity index (χ0n) is 10.2. The number of allylic oxidation sites excluding steroid dienone is 2. The zero-order chi connectivity index (χ0) is 14.3. The summed E-state index contributed by atoms with van der Waals surface area (Å²) in [5, 5.41) is 0. The van der Waals surface area contributed by atoms with Gasteiger partial charge in [0.05, 0.1) is 6.61 Å². The summed E-state index contributed by atoms with van der Waals surface area (Å²) in [5.41, 5.74) is -1.04.